The van der Waals surface area contributed by atoms with Crippen LogP contribution < -0.4 is 0 Å². The summed E-state index contributed by atoms with van der Waals surface area (Å²) in [6, 6.07) is 6.37. The van der Waals surface area contributed by atoms with Crippen LogP contribution in [0.5, 0.6) is 0 Å². The van der Waals surface area contributed by atoms with E-state index in [1.165, 1.54) is 5.56 Å². The molecule has 0 spiro atoms. The first-order valence-electron chi connectivity index (χ1n) is 6.05. The molecular formula is C15H15N3. The molecule has 2 heterocycles. The maximum Gasteiger partial charge on any atom is 0.125 e. The van der Waals surface area contributed by atoms with E-state index in [1.807, 2.05) is 25.5 Å². The van der Waals surface area contributed by atoms with Crippen LogP contribution in [0.1, 0.15) is 25.2 Å². The lowest BCUT2D eigenvalue weighted by Crippen LogP contribution is -2.14. The molecule has 3 heteroatoms. The number of aromatic nitrogens is 2. The van der Waals surface area contributed by atoms with Crippen LogP contribution in [0.3, 0.4) is 0 Å². The van der Waals surface area contributed by atoms with Gasteiger partial charge in [0.15, 0.2) is 0 Å². The summed E-state index contributed by atoms with van der Waals surface area (Å²) >= 11 is 0. The van der Waals surface area contributed by atoms with E-state index in [4.69, 9.17) is 0 Å². The Labute approximate surface area is 107 Å². The Hall–Kier alpha value is -2.03. The van der Waals surface area contributed by atoms with Gasteiger partial charge in [-0.05, 0) is 24.1 Å². The highest BCUT2D eigenvalue weighted by molar-refractivity contribution is 5.86. The summed E-state index contributed by atoms with van der Waals surface area (Å²) in [5.41, 5.74) is 4.52. The molecule has 0 radical (unpaired) electrons. The lowest BCUT2D eigenvalue weighted by Gasteiger charge is -2.15. The van der Waals surface area contributed by atoms with E-state index in [-0.39, 0.29) is 5.41 Å². The minimum absolute atomic E-state index is 0.0393. The summed E-state index contributed by atoms with van der Waals surface area (Å²) in [5.74, 6) is 0.791. The molecular weight excluding hydrogens is 222 g/mol. The van der Waals surface area contributed by atoms with Crippen LogP contribution in [0.15, 0.2) is 35.6 Å². The third-order valence-electron chi connectivity index (χ3n) is 3.33. The summed E-state index contributed by atoms with van der Waals surface area (Å²) < 4.78 is 0. The molecule has 1 aromatic heterocycles. The van der Waals surface area contributed by atoms with Crippen molar-refractivity contribution in [1.82, 2.24) is 9.97 Å². The summed E-state index contributed by atoms with van der Waals surface area (Å²) in [7, 11) is 0. The average molecular weight is 237 g/mol. The van der Waals surface area contributed by atoms with Crippen LogP contribution in [0.2, 0.25) is 0 Å². The number of benzene rings is 1. The number of aliphatic imine (C=N–C) groups is 1. The number of aryl methyl sites for hydroxylation is 1. The molecule has 18 heavy (non-hydrogen) atoms. The highest BCUT2D eigenvalue weighted by Crippen LogP contribution is 2.38. The molecule has 0 amide bonds. The van der Waals surface area contributed by atoms with Crippen molar-refractivity contribution < 1.29 is 0 Å². The van der Waals surface area contributed by atoms with Gasteiger partial charge in [-0.2, -0.15) is 0 Å². The quantitative estimate of drug-likeness (QED) is 0.762. The molecule has 0 fully saturated rings. The van der Waals surface area contributed by atoms with Crippen molar-refractivity contribution in [2.24, 2.45) is 4.99 Å². The van der Waals surface area contributed by atoms with E-state index in [1.54, 1.807) is 0 Å². The Kier molecular flexibility index (Phi) is 2.30. The van der Waals surface area contributed by atoms with E-state index >= 15 is 0 Å². The fourth-order valence-corrected chi connectivity index (χ4v) is 2.20. The van der Waals surface area contributed by atoms with Gasteiger partial charge in [-0.15, -0.1) is 0 Å². The molecule has 3 nitrogen and oxygen atoms in total. The normalized spacial score (nSPS) is 15.7. The van der Waals surface area contributed by atoms with E-state index in [0.29, 0.717) is 0 Å². The fraction of sp³-hybridized carbons (Fsp3) is 0.267. The van der Waals surface area contributed by atoms with Crippen molar-refractivity contribution >= 4 is 11.9 Å². The van der Waals surface area contributed by atoms with Gasteiger partial charge in [0.05, 0.1) is 5.69 Å². The molecule has 0 unspecified atom stereocenters. The third kappa shape index (κ3) is 1.72. The van der Waals surface area contributed by atoms with Gasteiger partial charge in [0.25, 0.3) is 0 Å². The van der Waals surface area contributed by atoms with Gasteiger partial charge >= 0.3 is 0 Å². The average Bonchev–Trinajstić information content (AvgIpc) is 2.66. The topological polar surface area (TPSA) is 38.1 Å². The molecule has 0 bridgehead atoms. The van der Waals surface area contributed by atoms with Crippen LogP contribution in [0, 0.1) is 6.92 Å². The SMILES string of the molecule is Cc1ncc(-c2ccc3c(c2)N=CC3(C)C)cn1. The molecule has 1 aliphatic heterocycles. The van der Waals surface area contributed by atoms with Gasteiger partial charge in [0.1, 0.15) is 5.82 Å². The highest BCUT2D eigenvalue weighted by Gasteiger charge is 2.26. The van der Waals surface area contributed by atoms with Crippen LogP contribution in [-0.2, 0) is 5.41 Å². The molecule has 0 saturated carbocycles. The minimum atomic E-state index is 0.0393. The van der Waals surface area contributed by atoms with Gasteiger partial charge in [-0.25, -0.2) is 9.97 Å². The smallest absolute Gasteiger partial charge is 0.125 e. The zero-order valence-electron chi connectivity index (χ0n) is 10.8. The van der Waals surface area contributed by atoms with Crippen molar-refractivity contribution in [2.45, 2.75) is 26.2 Å². The first-order chi connectivity index (χ1) is 8.56. The molecule has 0 N–H and O–H groups in total. The summed E-state index contributed by atoms with van der Waals surface area (Å²) in [5, 5.41) is 0. The second-order valence-electron chi connectivity index (χ2n) is 5.23. The Bertz CT molecular complexity index is 625. The Balaban J connectivity index is 2.07. The van der Waals surface area contributed by atoms with E-state index < -0.39 is 0 Å². The number of hydrogen-bond donors (Lipinski definition) is 0. The predicted molar refractivity (Wildman–Crippen MR) is 73.4 cm³/mol. The van der Waals surface area contributed by atoms with Gasteiger partial charge in [0.2, 0.25) is 0 Å². The molecule has 0 atom stereocenters. The summed E-state index contributed by atoms with van der Waals surface area (Å²) in [6.45, 7) is 6.24. The number of rotatable bonds is 1. The van der Waals surface area contributed by atoms with Gasteiger partial charge < -0.3 is 0 Å². The molecule has 0 aliphatic carbocycles. The Morgan fingerprint density at radius 3 is 2.44 bits per heavy atom. The summed E-state index contributed by atoms with van der Waals surface area (Å²) in [6.07, 6.45) is 5.72. The molecule has 1 aromatic carbocycles. The molecule has 90 valence electrons. The maximum absolute atomic E-state index is 4.49. The number of fused-ring (bicyclic) bond motifs is 1. The van der Waals surface area contributed by atoms with Crippen LogP contribution in [0.4, 0.5) is 5.69 Å². The number of nitrogens with zero attached hydrogens (tertiary/aromatic N) is 3. The Morgan fingerprint density at radius 2 is 1.72 bits per heavy atom. The van der Waals surface area contributed by atoms with Crippen LogP contribution >= 0.6 is 0 Å². The first kappa shape index (κ1) is 11.1. The van der Waals surface area contributed by atoms with E-state index in [2.05, 4.69) is 47.0 Å². The van der Waals surface area contributed by atoms with Crippen LogP contribution in [-0.4, -0.2) is 16.2 Å². The maximum atomic E-state index is 4.49. The predicted octanol–water partition coefficient (Wildman–Crippen LogP) is 3.45. The molecule has 3 rings (SSSR count). The minimum Gasteiger partial charge on any atom is -0.260 e. The number of hydrogen-bond acceptors (Lipinski definition) is 3. The van der Waals surface area contributed by atoms with Crippen molar-refractivity contribution in [3.63, 3.8) is 0 Å². The lowest BCUT2D eigenvalue weighted by atomic mass is 9.86. The van der Waals surface area contributed by atoms with Crippen molar-refractivity contribution in [3.05, 3.63) is 42.0 Å². The van der Waals surface area contributed by atoms with Crippen molar-refractivity contribution in [1.29, 1.82) is 0 Å². The Morgan fingerprint density at radius 1 is 1.00 bits per heavy atom. The largest absolute Gasteiger partial charge is 0.260 e. The second-order valence-corrected chi connectivity index (χ2v) is 5.23. The van der Waals surface area contributed by atoms with Gasteiger partial charge in [0, 0.05) is 29.6 Å². The monoisotopic (exact) mass is 237 g/mol. The lowest BCUT2D eigenvalue weighted by molar-refractivity contribution is 0.753. The fourth-order valence-electron chi connectivity index (χ4n) is 2.20. The first-order valence-corrected chi connectivity index (χ1v) is 6.05. The molecule has 2 aromatic rings. The van der Waals surface area contributed by atoms with Gasteiger partial charge in [-0.3, -0.25) is 4.99 Å². The highest BCUT2D eigenvalue weighted by atomic mass is 14.8. The standard InChI is InChI=1S/C15H15N3/c1-10-16-7-12(8-17-10)11-4-5-13-14(6-11)18-9-15(13,2)3/h4-9H,1-3H3. The molecule has 0 saturated heterocycles. The van der Waals surface area contributed by atoms with E-state index in [9.17, 15) is 0 Å². The zero-order valence-corrected chi connectivity index (χ0v) is 10.8. The van der Waals surface area contributed by atoms with Crippen molar-refractivity contribution in [3.8, 4) is 11.1 Å². The van der Waals surface area contributed by atoms with E-state index in [0.717, 1.165) is 22.6 Å². The third-order valence-corrected chi connectivity index (χ3v) is 3.33. The van der Waals surface area contributed by atoms with Gasteiger partial charge in [-0.1, -0.05) is 26.0 Å². The zero-order chi connectivity index (χ0) is 12.8. The molecule has 1 aliphatic rings. The summed E-state index contributed by atoms with van der Waals surface area (Å²) in [4.78, 5) is 12.9. The van der Waals surface area contributed by atoms with Crippen molar-refractivity contribution in [2.75, 3.05) is 0 Å². The second kappa shape index (κ2) is 3.73. The van der Waals surface area contributed by atoms with Crippen LogP contribution in [0.25, 0.3) is 11.1 Å².